The van der Waals surface area contributed by atoms with Crippen LogP contribution in [-0.4, -0.2) is 72.8 Å². The van der Waals surface area contributed by atoms with Gasteiger partial charge in [0, 0.05) is 31.0 Å². The second kappa shape index (κ2) is 17.6. The standard InChI is InChI=1S/C28H52N4O5/c1-21(2)27(35)30-24-11-7-22(8-12-24)20-23-9-13-25(14-10-23)31-28(36)37-19-17-32(16-18-33)26(34)6-4-3-5-15-29/h21-25,33H,3-20,29H2,1-2H3,(H,30,35)(H,31,36). The van der Waals surface area contributed by atoms with E-state index >= 15 is 0 Å². The molecule has 5 N–H and O–H groups in total. The number of alkyl carbamates (subject to hydrolysis) is 1. The Kier molecular flexibility index (Phi) is 14.9. The van der Waals surface area contributed by atoms with E-state index in [9.17, 15) is 19.5 Å². The van der Waals surface area contributed by atoms with E-state index in [0.29, 0.717) is 31.5 Å². The molecule has 2 aliphatic carbocycles. The first kappa shape index (κ1) is 31.3. The summed E-state index contributed by atoms with van der Waals surface area (Å²) < 4.78 is 5.34. The second-order valence-corrected chi connectivity index (χ2v) is 11.3. The SMILES string of the molecule is CC(C)C(=O)NC1CCC(CC2CCC(NC(=O)OCCN(CCO)C(=O)CCCCCN)CC2)CC1. The summed E-state index contributed by atoms with van der Waals surface area (Å²) >= 11 is 0. The van der Waals surface area contributed by atoms with E-state index in [1.54, 1.807) is 4.90 Å². The number of carbonyl (C=O) groups excluding carboxylic acids is 3. The molecule has 2 saturated carbocycles. The summed E-state index contributed by atoms with van der Waals surface area (Å²) in [6, 6.07) is 0.482. The number of carbonyl (C=O) groups is 3. The molecule has 0 bridgehead atoms. The lowest BCUT2D eigenvalue weighted by atomic mass is 9.75. The van der Waals surface area contributed by atoms with Crippen LogP contribution in [0.4, 0.5) is 4.79 Å². The minimum absolute atomic E-state index is 0.0257. The highest BCUT2D eigenvalue weighted by Gasteiger charge is 2.28. The number of ether oxygens (including phenoxy) is 1. The molecule has 3 amide bonds. The molecular formula is C28H52N4O5. The van der Waals surface area contributed by atoms with Crippen LogP contribution >= 0.6 is 0 Å². The molecule has 0 aromatic heterocycles. The van der Waals surface area contributed by atoms with Crippen LogP contribution in [0, 0.1) is 17.8 Å². The minimum Gasteiger partial charge on any atom is -0.448 e. The molecule has 214 valence electrons. The zero-order valence-electron chi connectivity index (χ0n) is 23.2. The first-order valence-electron chi connectivity index (χ1n) is 14.6. The fraction of sp³-hybridized carbons (Fsp3) is 0.893. The number of nitrogens with two attached hydrogens (primary N) is 1. The number of nitrogens with one attached hydrogen (secondary N) is 2. The van der Waals surface area contributed by atoms with Crippen LogP contribution < -0.4 is 16.4 Å². The lowest BCUT2D eigenvalue weighted by Crippen LogP contribution is -2.41. The summed E-state index contributed by atoms with van der Waals surface area (Å²) in [6.45, 7) is 5.06. The number of unbranched alkanes of at least 4 members (excludes halogenated alkanes) is 2. The fourth-order valence-corrected chi connectivity index (χ4v) is 5.62. The van der Waals surface area contributed by atoms with Crippen LogP contribution in [0.25, 0.3) is 0 Å². The molecule has 2 fully saturated rings. The van der Waals surface area contributed by atoms with Gasteiger partial charge in [0.25, 0.3) is 0 Å². The van der Waals surface area contributed by atoms with E-state index in [0.717, 1.165) is 63.7 Å². The Balaban J connectivity index is 1.58. The van der Waals surface area contributed by atoms with Crippen LogP contribution in [0.15, 0.2) is 0 Å². The maximum absolute atomic E-state index is 12.4. The fourth-order valence-electron chi connectivity index (χ4n) is 5.62. The second-order valence-electron chi connectivity index (χ2n) is 11.3. The molecule has 0 atom stereocenters. The predicted molar refractivity (Wildman–Crippen MR) is 145 cm³/mol. The molecule has 2 rings (SSSR count). The quantitative estimate of drug-likeness (QED) is 0.243. The van der Waals surface area contributed by atoms with Crippen molar-refractivity contribution in [2.45, 2.75) is 109 Å². The molecule has 0 aromatic rings. The number of hydrogen-bond acceptors (Lipinski definition) is 6. The van der Waals surface area contributed by atoms with Crippen molar-refractivity contribution in [1.29, 1.82) is 0 Å². The van der Waals surface area contributed by atoms with E-state index in [2.05, 4.69) is 10.6 Å². The van der Waals surface area contributed by atoms with Gasteiger partial charge >= 0.3 is 6.09 Å². The van der Waals surface area contributed by atoms with E-state index in [1.165, 1.54) is 19.3 Å². The molecule has 37 heavy (non-hydrogen) atoms. The summed E-state index contributed by atoms with van der Waals surface area (Å²) in [6.07, 6.45) is 12.6. The van der Waals surface area contributed by atoms with E-state index in [4.69, 9.17) is 10.5 Å². The minimum atomic E-state index is -0.426. The number of nitrogens with zero attached hydrogens (tertiary/aromatic N) is 1. The molecule has 2 aliphatic rings. The van der Waals surface area contributed by atoms with Gasteiger partial charge in [-0.05, 0) is 89.0 Å². The largest absolute Gasteiger partial charge is 0.448 e. The molecule has 0 saturated heterocycles. The Morgan fingerprint density at radius 1 is 0.892 bits per heavy atom. The van der Waals surface area contributed by atoms with Gasteiger partial charge in [-0.2, -0.15) is 0 Å². The summed E-state index contributed by atoms with van der Waals surface area (Å²) in [4.78, 5) is 38.1. The molecule has 0 heterocycles. The third-order valence-electron chi connectivity index (χ3n) is 7.96. The van der Waals surface area contributed by atoms with Gasteiger partial charge < -0.3 is 31.1 Å². The van der Waals surface area contributed by atoms with Gasteiger partial charge in [-0.1, -0.05) is 20.3 Å². The molecule has 9 heteroatoms. The zero-order chi connectivity index (χ0) is 27.0. The summed E-state index contributed by atoms with van der Waals surface area (Å²) in [7, 11) is 0. The first-order valence-corrected chi connectivity index (χ1v) is 14.6. The maximum atomic E-state index is 12.4. The van der Waals surface area contributed by atoms with Gasteiger partial charge in [-0.3, -0.25) is 9.59 Å². The van der Waals surface area contributed by atoms with Crippen LogP contribution in [0.5, 0.6) is 0 Å². The van der Waals surface area contributed by atoms with Gasteiger partial charge in [0.05, 0.1) is 13.2 Å². The molecule has 9 nitrogen and oxygen atoms in total. The van der Waals surface area contributed by atoms with Crippen molar-refractivity contribution in [1.82, 2.24) is 15.5 Å². The first-order chi connectivity index (χ1) is 17.8. The summed E-state index contributed by atoms with van der Waals surface area (Å²) in [5.41, 5.74) is 5.49. The predicted octanol–water partition coefficient (Wildman–Crippen LogP) is 3.33. The van der Waals surface area contributed by atoms with Gasteiger partial charge in [-0.15, -0.1) is 0 Å². The van der Waals surface area contributed by atoms with Crippen LogP contribution in [0.3, 0.4) is 0 Å². The van der Waals surface area contributed by atoms with Crippen molar-refractivity contribution >= 4 is 17.9 Å². The van der Waals surface area contributed by atoms with Gasteiger partial charge in [0.2, 0.25) is 11.8 Å². The number of hydrogen-bond donors (Lipinski definition) is 4. The lowest BCUT2D eigenvalue weighted by Gasteiger charge is -2.34. The van der Waals surface area contributed by atoms with E-state index in [1.807, 2.05) is 13.8 Å². The molecular weight excluding hydrogens is 472 g/mol. The molecule has 0 aliphatic heterocycles. The smallest absolute Gasteiger partial charge is 0.407 e. The number of amides is 3. The van der Waals surface area contributed by atoms with Crippen molar-refractivity contribution in [3.63, 3.8) is 0 Å². The average molecular weight is 525 g/mol. The highest BCUT2D eigenvalue weighted by atomic mass is 16.5. The number of aliphatic hydroxyl groups excluding tert-OH is 1. The normalized spacial score (nSPS) is 23.9. The van der Waals surface area contributed by atoms with Gasteiger partial charge in [-0.25, -0.2) is 4.79 Å². The highest BCUT2D eigenvalue weighted by Crippen LogP contribution is 2.35. The van der Waals surface area contributed by atoms with Crippen LogP contribution in [-0.2, 0) is 14.3 Å². The van der Waals surface area contributed by atoms with Crippen molar-refractivity contribution in [2.75, 3.05) is 32.8 Å². The highest BCUT2D eigenvalue weighted by molar-refractivity contribution is 5.78. The van der Waals surface area contributed by atoms with Crippen molar-refractivity contribution in [3.8, 4) is 0 Å². The topological polar surface area (TPSA) is 134 Å². The Labute approximate surface area is 223 Å². The molecule has 0 unspecified atom stereocenters. The van der Waals surface area contributed by atoms with E-state index in [-0.39, 0.29) is 43.5 Å². The average Bonchev–Trinajstić information content (AvgIpc) is 2.88. The van der Waals surface area contributed by atoms with Crippen molar-refractivity contribution < 1.29 is 24.2 Å². The van der Waals surface area contributed by atoms with Gasteiger partial charge in [0.15, 0.2) is 0 Å². The Hall–Kier alpha value is -1.87. The molecule has 0 aromatic carbocycles. The Morgan fingerprint density at radius 3 is 2.03 bits per heavy atom. The third-order valence-corrected chi connectivity index (χ3v) is 7.96. The van der Waals surface area contributed by atoms with Crippen molar-refractivity contribution in [2.24, 2.45) is 23.5 Å². The molecule has 0 radical (unpaired) electrons. The monoisotopic (exact) mass is 524 g/mol. The Bertz CT molecular complexity index is 673. The summed E-state index contributed by atoms with van der Waals surface area (Å²) in [5, 5.41) is 15.4. The van der Waals surface area contributed by atoms with Gasteiger partial charge in [0.1, 0.15) is 6.61 Å². The molecule has 0 spiro atoms. The maximum Gasteiger partial charge on any atom is 0.407 e. The number of rotatable bonds is 15. The van der Waals surface area contributed by atoms with Crippen molar-refractivity contribution in [3.05, 3.63) is 0 Å². The number of aliphatic hydroxyl groups is 1. The zero-order valence-corrected chi connectivity index (χ0v) is 23.2. The van der Waals surface area contributed by atoms with E-state index < -0.39 is 6.09 Å². The van der Waals surface area contributed by atoms with Crippen LogP contribution in [0.2, 0.25) is 0 Å². The lowest BCUT2D eigenvalue weighted by molar-refractivity contribution is -0.132. The van der Waals surface area contributed by atoms with Crippen LogP contribution in [0.1, 0.15) is 97.3 Å². The third kappa shape index (κ3) is 12.5. The Morgan fingerprint density at radius 2 is 1.49 bits per heavy atom. The summed E-state index contributed by atoms with van der Waals surface area (Å²) in [5.74, 6) is 1.64.